The molecule has 0 spiro atoms. The van der Waals surface area contributed by atoms with Gasteiger partial charge in [-0.3, -0.25) is 10.2 Å². The molecule has 1 heterocycles. The fourth-order valence-corrected chi connectivity index (χ4v) is 2.83. The first-order chi connectivity index (χ1) is 8.08. The van der Waals surface area contributed by atoms with Crippen LogP contribution in [0, 0.1) is 11.3 Å². The van der Waals surface area contributed by atoms with Crippen molar-refractivity contribution >= 4 is 0 Å². The Balaban J connectivity index is 2.40. The van der Waals surface area contributed by atoms with E-state index in [1.54, 1.807) is 0 Å². The Labute approximate surface area is 106 Å². The zero-order valence-electron chi connectivity index (χ0n) is 11.7. The highest BCUT2D eigenvalue weighted by atomic mass is 15.2. The molecule has 1 N–H and O–H groups in total. The zero-order chi connectivity index (χ0) is 12.8. The molecule has 98 valence electrons. The molecule has 1 aliphatic heterocycles. The summed E-state index contributed by atoms with van der Waals surface area (Å²) in [4.78, 5) is 2.59. The summed E-state index contributed by atoms with van der Waals surface area (Å²) in [6.07, 6.45) is 4.81. The summed E-state index contributed by atoms with van der Waals surface area (Å²) in [5.74, 6) is 0. The Morgan fingerprint density at radius 3 is 2.65 bits per heavy atom. The molecule has 1 rings (SSSR count). The number of hydrogen-bond donors (Lipinski definition) is 1. The molecule has 1 saturated heterocycles. The van der Waals surface area contributed by atoms with Gasteiger partial charge in [-0.1, -0.05) is 6.92 Å². The van der Waals surface area contributed by atoms with Gasteiger partial charge in [0.2, 0.25) is 0 Å². The molecule has 0 bridgehead atoms. The van der Waals surface area contributed by atoms with Crippen molar-refractivity contribution in [3.05, 3.63) is 0 Å². The lowest BCUT2D eigenvalue weighted by Crippen LogP contribution is -2.40. The van der Waals surface area contributed by atoms with E-state index in [1.807, 2.05) is 0 Å². The normalized spacial score (nSPS) is 27.3. The lowest BCUT2D eigenvalue weighted by atomic mass is 10.1. The maximum absolute atomic E-state index is 9.11. The molecule has 17 heavy (non-hydrogen) atoms. The quantitative estimate of drug-likeness (QED) is 0.771. The van der Waals surface area contributed by atoms with Crippen LogP contribution in [0.15, 0.2) is 0 Å². The molecule has 3 atom stereocenters. The molecule has 0 amide bonds. The minimum absolute atomic E-state index is 0.000283. The maximum Gasteiger partial charge on any atom is 0.0967 e. The summed E-state index contributed by atoms with van der Waals surface area (Å²) >= 11 is 0. The van der Waals surface area contributed by atoms with Crippen molar-refractivity contribution in [3.8, 4) is 6.07 Å². The number of nitrogens with one attached hydrogen (secondary N) is 1. The van der Waals surface area contributed by atoms with E-state index < -0.39 is 0 Å². The first kappa shape index (κ1) is 14.5. The molecule has 0 aromatic carbocycles. The van der Waals surface area contributed by atoms with Gasteiger partial charge >= 0.3 is 0 Å². The fourth-order valence-electron chi connectivity index (χ4n) is 2.83. The van der Waals surface area contributed by atoms with E-state index in [0.29, 0.717) is 12.1 Å². The number of nitriles is 1. The monoisotopic (exact) mass is 237 g/mol. The van der Waals surface area contributed by atoms with Crippen LogP contribution in [-0.4, -0.2) is 35.6 Å². The number of likely N-dealkylation sites (tertiary alicyclic amines) is 1. The molecule has 1 fully saturated rings. The second-order valence-corrected chi connectivity index (χ2v) is 5.52. The van der Waals surface area contributed by atoms with Gasteiger partial charge in [0, 0.05) is 24.7 Å². The highest BCUT2D eigenvalue weighted by Crippen LogP contribution is 2.26. The number of hydrogen-bond acceptors (Lipinski definition) is 3. The molecular formula is C14H27N3. The minimum atomic E-state index is 0.000283. The van der Waals surface area contributed by atoms with Crippen LogP contribution in [0.25, 0.3) is 0 Å². The number of nitrogens with zero attached hydrogens (tertiary/aromatic N) is 2. The van der Waals surface area contributed by atoms with Crippen LogP contribution >= 0.6 is 0 Å². The Morgan fingerprint density at radius 1 is 1.41 bits per heavy atom. The Kier molecular flexibility index (Phi) is 5.94. The van der Waals surface area contributed by atoms with Crippen molar-refractivity contribution in [1.29, 1.82) is 5.26 Å². The van der Waals surface area contributed by atoms with E-state index in [2.05, 4.69) is 44.0 Å². The topological polar surface area (TPSA) is 39.1 Å². The van der Waals surface area contributed by atoms with Crippen LogP contribution in [-0.2, 0) is 0 Å². The van der Waals surface area contributed by atoms with Crippen LogP contribution in [0.4, 0.5) is 0 Å². The van der Waals surface area contributed by atoms with Crippen LogP contribution in [0.1, 0.15) is 53.4 Å². The Hall–Kier alpha value is -0.590. The highest BCUT2D eigenvalue weighted by Gasteiger charge is 2.29. The van der Waals surface area contributed by atoms with Crippen LogP contribution in [0.3, 0.4) is 0 Å². The summed E-state index contributed by atoms with van der Waals surface area (Å²) in [5, 5.41) is 12.4. The lowest BCUT2D eigenvalue weighted by molar-refractivity contribution is 0.191. The second-order valence-electron chi connectivity index (χ2n) is 5.52. The summed E-state index contributed by atoms with van der Waals surface area (Å²) in [7, 11) is 0. The summed E-state index contributed by atoms with van der Waals surface area (Å²) in [6, 6.07) is 4.19. The zero-order valence-corrected chi connectivity index (χ0v) is 11.7. The van der Waals surface area contributed by atoms with Crippen molar-refractivity contribution in [2.45, 2.75) is 77.5 Å². The predicted octanol–water partition coefficient (Wildman–Crippen LogP) is 2.53. The molecule has 3 nitrogen and oxygen atoms in total. The standard InChI is InChI=1S/C14H27N3/c1-5-14-7-6-12(4)17(14)9-8-13(10-15)16-11(2)3/h11-14,16H,5-9H2,1-4H3. The van der Waals surface area contributed by atoms with Gasteiger partial charge in [-0.25, -0.2) is 0 Å². The Bertz CT molecular complexity index is 257. The SMILES string of the molecule is CCC1CCC(C)N1CCC(C#N)NC(C)C. The van der Waals surface area contributed by atoms with Gasteiger partial charge in [0.15, 0.2) is 0 Å². The van der Waals surface area contributed by atoms with E-state index in [4.69, 9.17) is 5.26 Å². The van der Waals surface area contributed by atoms with Gasteiger partial charge in [-0.2, -0.15) is 5.26 Å². The van der Waals surface area contributed by atoms with E-state index >= 15 is 0 Å². The Morgan fingerprint density at radius 2 is 2.12 bits per heavy atom. The summed E-state index contributed by atoms with van der Waals surface area (Å²) in [6.45, 7) is 9.82. The molecule has 0 aliphatic carbocycles. The average Bonchev–Trinajstić information content (AvgIpc) is 2.65. The molecule has 0 aromatic heterocycles. The first-order valence-corrected chi connectivity index (χ1v) is 6.99. The largest absolute Gasteiger partial charge is 0.300 e. The molecule has 0 radical (unpaired) electrons. The fraction of sp³-hybridized carbons (Fsp3) is 0.929. The predicted molar refractivity (Wildman–Crippen MR) is 71.8 cm³/mol. The minimum Gasteiger partial charge on any atom is -0.300 e. The van der Waals surface area contributed by atoms with Crippen LogP contribution < -0.4 is 5.32 Å². The average molecular weight is 237 g/mol. The van der Waals surface area contributed by atoms with Gasteiger partial charge < -0.3 is 0 Å². The molecule has 0 saturated carbocycles. The van der Waals surface area contributed by atoms with E-state index in [-0.39, 0.29) is 6.04 Å². The molecule has 1 aliphatic rings. The van der Waals surface area contributed by atoms with Gasteiger partial charge in [0.25, 0.3) is 0 Å². The van der Waals surface area contributed by atoms with Gasteiger partial charge in [-0.15, -0.1) is 0 Å². The van der Waals surface area contributed by atoms with Crippen molar-refractivity contribution in [2.75, 3.05) is 6.54 Å². The second kappa shape index (κ2) is 6.98. The van der Waals surface area contributed by atoms with Crippen molar-refractivity contribution in [2.24, 2.45) is 0 Å². The molecule has 3 unspecified atom stereocenters. The van der Waals surface area contributed by atoms with E-state index in [0.717, 1.165) is 19.0 Å². The third kappa shape index (κ3) is 4.29. The van der Waals surface area contributed by atoms with Crippen molar-refractivity contribution < 1.29 is 0 Å². The van der Waals surface area contributed by atoms with Crippen molar-refractivity contribution in [3.63, 3.8) is 0 Å². The summed E-state index contributed by atoms with van der Waals surface area (Å²) in [5.41, 5.74) is 0. The van der Waals surface area contributed by atoms with Gasteiger partial charge in [0.1, 0.15) is 0 Å². The molecule has 3 heteroatoms. The first-order valence-electron chi connectivity index (χ1n) is 6.99. The summed E-state index contributed by atoms with van der Waals surface area (Å²) < 4.78 is 0. The van der Waals surface area contributed by atoms with Crippen LogP contribution in [0.2, 0.25) is 0 Å². The van der Waals surface area contributed by atoms with Crippen molar-refractivity contribution in [1.82, 2.24) is 10.2 Å². The van der Waals surface area contributed by atoms with Gasteiger partial charge in [0.05, 0.1) is 12.1 Å². The lowest BCUT2D eigenvalue weighted by Gasteiger charge is -2.28. The maximum atomic E-state index is 9.11. The number of rotatable bonds is 6. The molecular weight excluding hydrogens is 210 g/mol. The van der Waals surface area contributed by atoms with E-state index in [1.165, 1.54) is 19.3 Å². The highest BCUT2D eigenvalue weighted by molar-refractivity contribution is 4.93. The van der Waals surface area contributed by atoms with Gasteiger partial charge in [-0.05, 0) is 46.5 Å². The molecule has 0 aromatic rings. The van der Waals surface area contributed by atoms with Crippen LogP contribution in [0.5, 0.6) is 0 Å². The smallest absolute Gasteiger partial charge is 0.0967 e. The van der Waals surface area contributed by atoms with E-state index in [9.17, 15) is 0 Å². The third-order valence-corrected chi connectivity index (χ3v) is 3.79. The third-order valence-electron chi connectivity index (χ3n) is 3.79.